The molecule has 6 rings (SSSR count). The van der Waals surface area contributed by atoms with Crippen LogP contribution in [0.4, 0.5) is 37.7 Å². The Labute approximate surface area is 442 Å². The van der Waals surface area contributed by atoms with Crippen molar-refractivity contribution in [3.05, 3.63) is 170 Å². The topological polar surface area (TPSA) is 166 Å². The summed E-state index contributed by atoms with van der Waals surface area (Å²) < 4.78 is 116. The van der Waals surface area contributed by atoms with Crippen molar-refractivity contribution < 1.29 is 97.0 Å². The van der Waals surface area contributed by atoms with E-state index in [0.717, 1.165) is 11.4 Å². The number of rotatable bonds is 6. The molecule has 0 heterocycles. The molecule has 6 aromatic carbocycles. The molecular weight excluding hydrogens is 1450 g/mol. The van der Waals surface area contributed by atoms with Gasteiger partial charge < -0.3 is 20.6 Å². The van der Waals surface area contributed by atoms with E-state index < -0.39 is 55.7 Å². The molecule has 26 heteroatoms. The molecule has 0 radical (unpaired) electrons. The van der Waals surface area contributed by atoms with Crippen molar-refractivity contribution in [1.29, 1.82) is 0 Å². The number of alkyl halides is 12. The fourth-order valence-electron chi connectivity index (χ4n) is 4.82. The fourth-order valence-corrected chi connectivity index (χ4v) is 10.1. The van der Waals surface area contributed by atoms with E-state index in [1.54, 1.807) is 0 Å². The first-order valence-corrected chi connectivity index (χ1v) is 25.7. The van der Waals surface area contributed by atoms with E-state index in [2.05, 4.69) is 146 Å². The predicted molar refractivity (Wildman–Crippen MR) is 256 cm³/mol. The summed E-state index contributed by atoms with van der Waals surface area (Å²) in [5.41, 5.74) is 2.92. The van der Waals surface area contributed by atoms with Gasteiger partial charge in [0.2, 0.25) is 0 Å². The van der Waals surface area contributed by atoms with Crippen molar-refractivity contribution in [2.75, 3.05) is 11.5 Å². The van der Waals surface area contributed by atoms with Gasteiger partial charge in [-0.25, -0.2) is 16.8 Å². The summed E-state index contributed by atoms with van der Waals surface area (Å²) in [7, 11) is -14.2. The van der Waals surface area contributed by atoms with Crippen LogP contribution in [0.15, 0.2) is 170 Å². The van der Waals surface area contributed by atoms with E-state index in [1.165, 1.54) is 31.8 Å². The van der Waals surface area contributed by atoms with Gasteiger partial charge in [0, 0.05) is 0 Å². The van der Waals surface area contributed by atoms with E-state index in [9.17, 15) is 26.3 Å². The monoisotopic (exact) mass is 1480 g/mol. The van der Waals surface area contributed by atoms with Gasteiger partial charge in [0.05, 0.1) is 11.4 Å². The van der Waals surface area contributed by atoms with Crippen LogP contribution in [-0.4, -0.2) is 45.5 Å². The summed E-state index contributed by atoms with van der Waals surface area (Å²) in [6, 6.07) is 59.1. The molecule has 0 saturated carbocycles. The Morgan fingerprint density at radius 1 is 0.394 bits per heavy atom. The number of hydrogen-bond acceptors (Lipinski definition) is 8. The largest absolute Gasteiger partial charge is 1.00 e. The minimum Gasteiger partial charge on any atom is -0.741 e. The van der Waals surface area contributed by atoms with Gasteiger partial charge in [0.15, 0.2) is 28.8 Å². The quantitative estimate of drug-likeness (QED) is 0.0317. The Morgan fingerprint density at radius 3 is 0.697 bits per heavy atom. The number of para-hydroxylation sites is 2. The second kappa shape index (κ2) is 33.1. The van der Waals surface area contributed by atoms with Gasteiger partial charge in [-0.2, -0.15) is 26.3 Å². The normalized spacial score (nSPS) is 10.9. The number of nitrogen functional groups attached to an aromatic ring is 2. The minimum absolute atomic E-state index is 0. The third-order valence-electron chi connectivity index (χ3n) is 7.28. The van der Waals surface area contributed by atoms with E-state index in [1.807, 2.05) is 24.3 Å². The fraction of sp³-hybridized carbons (Fsp3) is 0.100. The smallest absolute Gasteiger partial charge is 0.741 e. The van der Waals surface area contributed by atoms with Gasteiger partial charge >= 0.3 is 55.8 Å². The van der Waals surface area contributed by atoms with Gasteiger partial charge in [-0.05, 0) is 72.8 Å². The Morgan fingerprint density at radius 2 is 0.545 bits per heavy atom. The van der Waals surface area contributed by atoms with Gasteiger partial charge in [-0.1, -0.05) is 167 Å². The Bertz CT molecular complexity index is 2220. The third-order valence-corrected chi connectivity index (χ3v) is 14.0. The molecule has 0 saturated heterocycles. The van der Waals surface area contributed by atoms with Crippen LogP contribution in [0.3, 0.4) is 0 Å². The van der Waals surface area contributed by atoms with E-state index in [0.29, 0.717) is 0 Å². The molecule has 0 spiro atoms. The van der Waals surface area contributed by atoms with Crippen molar-refractivity contribution in [3.63, 3.8) is 0 Å². The molecule has 368 valence electrons. The molecule has 0 aliphatic rings. The molecule has 0 amide bonds. The van der Waals surface area contributed by atoms with Crippen LogP contribution in [0.5, 0.6) is 0 Å². The Kier molecular flexibility index (Phi) is 33.3. The van der Waals surface area contributed by atoms with Crippen LogP contribution in [0, 0.1) is 0 Å². The minimum atomic E-state index is -6.09. The first-order chi connectivity index (χ1) is 29.7. The summed E-state index contributed by atoms with van der Waals surface area (Å²) in [6.45, 7) is 0. The van der Waals surface area contributed by atoms with Crippen LogP contribution in [0.2, 0.25) is 0 Å². The standard InChI is InChI=1S/2C18H16NP.2CHCl3.2CHF3O3S.2Au/c2*19-17-13-7-8-14-18(17)20(15-9-3-1-4-10-15)16-11-5-2-6-12-16;2*2-1(3)4;2*2-1(3,4)8(5,6)7;;/h2*1-14H,19H2;2*1H;2*(H,5,6,7);;/q;;;;;;2*+1. The summed E-state index contributed by atoms with van der Waals surface area (Å²) in [5.74, 6) is 0. The third kappa shape index (κ3) is 26.4. The summed E-state index contributed by atoms with van der Waals surface area (Å²) in [4.78, 5) is 0. The average molecular weight is 1490 g/mol. The summed E-state index contributed by atoms with van der Waals surface area (Å²) >= 11 is 28.8. The zero-order chi connectivity index (χ0) is 48.7. The molecule has 0 aliphatic heterocycles. The molecular formula is C40H36Au2Cl6F6N2O6P2S2+2. The zero-order valence-corrected chi connectivity index (χ0v) is 45.4. The van der Waals surface area contributed by atoms with Gasteiger partial charge in [0.1, 0.15) is 47.7 Å². The van der Waals surface area contributed by atoms with Crippen molar-refractivity contribution in [2.45, 2.75) is 19.6 Å². The second-order valence-electron chi connectivity index (χ2n) is 11.7. The molecule has 4 N–H and O–H groups in total. The molecule has 6 aromatic rings. The first kappa shape index (κ1) is 66.5. The molecule has 0 atom stereocenters. The van der Waals surface area contributed by atoms with Crippen molar-refractivity contribution in [2.24, 2.45) is 0 Å². The van der Waals surface area contributed by atoms with Crippen LogP contribution in [0.25, 0.3) is 0 Å². The van der Waals surface area contributed by atoms with Crippen molar-refractivity contribution >= 4 is 149 Å². The summed E-state index contributed by atoms with van der Waals surface area (Å²) in [6.07, 6.45) is 0. The van der Waals surface area contributed by atoms with Gasteiger partial charge in [-0.3, -0.25) is 0 Å². The number of anilines is 2. The van der Waals surface area contributed by atoms with E-state index in [-0.39, 0.29) is 44.8 Å². The number of benzene rings is 6. The van der Waals surface area contributed by atoms with E-state index in [4.69, 9.17) is 107 Å². The second-order valence-corrected chi connectivity index (χ2v) is 23.3. The molecule has 8 nitrogen and oxygen atoms in total. The Balaban J connectivity index is 0. The molecule has 0 bridgehead atoms. The molecule has 66 heavy (non-hydrogen) atoms. The molecule has 0 aromatic heterocycles. The first-order valence-electron chi connectivity index (χ1n) is 17.2. The zero-order valence-electron chi connectivity index (χ0n) is 32.9. The number of nitrogens with two attached hydrogens (primary N) is 2. The maximum atomic E-state index is 10.7. The number of hydrogen-bond donors (Lipinski definition) is 2. The van der Waals surface area contributed by atoms with Gasteiger partial charge in [0.25, 0.3) is 0 Å². The van der Waals surface area contributed by atoms with Crippen LogP contribution < -0.4 is 43.3 Å². The predicted octanol–water partition coefficient (Wildman–Crippen LogP) is 9.59. The van der Waals surface area contributed by atoms with Crippen molar-refractivity contribution in [1.82, 2.24) is 0 Å². The van der Waals surface area contributed by atoms with Crippen LogP contribution in [-0.2, 0) is 65.0 Å². The Hall–Kier alpha value is -1.60. The maximum Gasteiger partial charge on any atom is 1.00 e. The molecule has 0 aliphatic carbocycles. The van der Waals surface area contributed by atoms with Gasteiger partial charge in [-0.15, -0.1) is 0 Å². The van der Waals surface area contributed by atoms with Crippen LogP contribution in [0.1, 0.15) is 0 Å². The average Bonchev–Trinajstić information content (AvgIpc) is 3.20. The SMILES string of the molecule is ClC(Cl)Cl.ClC(Cl)Cl.Nc1ccccc1[PH+](c1ccccc1)c1ccccc1.Nc1ccccc1[PH+](c1ccccc1)c1ccccc1.O=S(=O)([O-])C(F)(F)F.O=S(=O)([O-])C(F)(F)F.[Au+].[Au+]. The van der Waals surface area contributed by atoms with Crippen molar-refractivity contribution in [3.8, 4) is 0 Å². The van der Waals surface area contributed by atoms with Crippen LogP contribution >= 0.6 is 85.4 Å². The maximum absolute atomic E-state index is 10.7. The molecule has 0 fully saturated rings. The van der Waals surface area contributed by atoms with E-state index >= 15 is 0 Å². The molecule has 0 unspecified atom stereocenters. The number of halogens is 12. The summed E-state index contributed by atoms with van der Waals surface area (Å²) in [5, 5.41) is 7.97.